The van der Waals surface area contributed by atoms with Crippen LogP contribution in [0.4, 0.5) is 14.5 Å². The summed E-state index contributed by atoms with van der Waals surface area (Å²) in [7, 11) is 0. The summed E-state index contributed by atoms with van der Waals surface area (Å²) in [6.45, 7) is -0.307. The van der Waals surface area contributed by atoms with Crippen molar-refractivity contribution in [1.82, 2.24) is 5.32 Å². The molecular weight excluding hydrogens is 366 g/mol. The van der Waals surface area contributed by atoms with Gasteiger partial charge in [0.1, 0.15) is 5.75 Å². The van der Waals surface area contributed by atoms with Crippen LogP contribution in [0.5, 0.6) is 5.75 Å². The van der Waals surface area contributed by atoms with Crippen molar-refractivity contribution >= 4 is 17.5 Å². The van der Waals surface area contributed by atoms with Crippen LogP contribution >= 0.6 is 0 Å². The van der Waals surface area contributed by atoms with Crippen LogP contribution in [0.1, 0.15) is 36.9 Å². The molecule has 0 aliphatic carbocycles. The smallest absolute Gasteiger partial charge is 0.387 e. The first-order chi connectivity index (χ1) is 13.4. The zero-order chi connectivity index (χ0) is 20.1. The highest BCUT2D eigenvalue weighted by Crippen LogP contribution is 2.22. The number of nitrogens with one attached hydrogen (secondary N) is 1. The minimum absolute atomic E-state index is 0.0776. The second kappa shape index (κ2) is 8.82. The summed E-state index contributed by atoms with van der Waals surface area (Å²) in [5.41, 5.74) is 2.49. The van der Waals surface area contributed by atoms with Crippen molar-refractivity contribution in [3.8, 4) is 5.75 Å². The van der Waals surface area contributed by atoms with Crippen molar-refractivity contribution in [3.05, 3.63) is 59.7 Å². The quantitative estimate of drug-likeness (QED) is 0.784. The summed E-state index contributed by atoms with van der Waals surface area (Å²) in [5, 5.41) is 2.89. The number of carbonyl (C=O) groups is 2. The molecular formula is C21H22F2N2O3. The number of benzene rings is 2. The zero-order valence-corrected chi connectivity index (χ0v) is 15.5. The molecule has 1 atom stereocenters. The Hall–Kier alpha value is -2.96. The number of hydrogen-bond donors (Lipinski definition) is 1. The predicted octanol–water partition coefficient (Wildman–Crippen LogP) is 3.83. The van der Waals surface area contributed by atoms with Crippen LogP contribution in [0.3, 0.4) is 0 Å². The lowest BCUT2D eigenvalue weighted by atomic mass is 10.1. The fourth-order valence-electron chi connectivity index (χ4n) is 3.21. The predicted molar refractivity (Wildman–Crippen MR) is 101 cm³/mol. The number of carbonyl (C=O) groups excluding carboxylic acids is 2. The summed E-state index contributed by atoms with van der Waals surface area (Å²) >= 11 is 0. The van der Waals surface area contributed by atoms with E-state index in [1.807, 2.05) is 31.2 Å². The molecule has 0 spiro atoms. The van der Waals surface area contributed by atoms with E-state index in [1.54, 1.807) is 17.0 Å². The third-order valence-corrected chi connectivity index (χ3v) is 4.67. The molecule has 2 amide bonds. The monoisotopic (exact) mass is 388 g/mol. The summed E-state index contributed by atoms with van der Waals surface area (Å²) in [6.07, 6.45) is 1.67. The van der Waals surface area contributed by atoms with E-state index in [1.165, 1.54) is 12.1 Å². The molecule has 1 unspecified atom stereocenters. The van der Waals surface area contributed by atoms with E-state index in [9.17, 15) is 18.4 Å². The minimum atomic E-state index is -2.86. The molecule has 148 valence electrons. The van der Waals surface area contributed by atoms with Crippen molar-refractivity contribution in [3.63, 3.8) is 0 Å². The number of hydrogen-bond acceptors (Lipinski definition) is 3. The number of halogens is 2. The summed E-state index contributed by atoms with van der Waals surface area (Å²) in [6, 6.07) is 13.3. The molecule has 1 heterocycles. The normalized spacial score (nSPS) is 15.0. The Morgan fingerprint density at radius 2 is 1.82 bits per heavy atom. The third kappa shape index (κ3) is 5.06. The molecule has 3 rings (SSSR count). The molecule has 28 heavy (non-hydrogen) atoms. The van der Waals surface area contributed by atoms with E-state index in [4.69, 9.17) is 0 Å². The summed E-state index contributed by atoms with van der Waals surface area (Å²) in [4.78, 5) is 25.8. The van der Waals surface area contributed by atoms with E-state index < -0.39 is 6.61 Å². The highest BCUT2D eigenvalue weighted by molar-refractivity contribution is 5.95. The molecule has 0 radical (unpaired) electrons. The van der Waals surface area contributed by atoms with Crippen LogP contribution in [-0.4, -0.2) is 25.0 Å². The standard InChI is InChI=1S/C21H22F2N2O3/c1-14(16-6-10-18(11-7-16)28-21(22)23)24-19(26)13-15-4-8-17(9-5-15)25-12-2-3-20(25)27/h4-11,14,21H,2-3,12-13H2,1H3,(H,24,26). The first kappa shape index (κ1) is 19.8. The van der Waals surface area contributed by atoms with Crippen molar-refractivity contribution in [1.29, 1.82) is 0 Å². The molecule has 0 saturated carbocycles. The van der Waals surface area contributed by atoms with Gasteiger partial charge in [-0.15, -0.1) is 0 Å². The molecule has 5 nitrogen and oxygen atoms in total. The average Bonchev–Trinajstić information content (AvgIpc) is 3.08. The molecule has 2 aromatic rings. The third-order valence-electron chi connectivity index (χ3n) is 4.67. The van der Waals surface area contributed by atoms with Gasteiger partial charge in [0.25, 0.3) is 0 Å². The van der Waals surface area contributed by atoms with Crippen LogP contribution < -0.4 is 15.0 Å². The van der Waals surface area contributed by atoms with Crippen LogP contribution in [0.15, 0.2) is 48.5 Å². The van der Waals surface area contributed by atoms with E-state index in [2.05, 4.69) is 10.1 Å². The van der Waals surface area contributed by atoms with Crippen molar-refractivity contribution in [2.24, 2.45) is 0 Å². The molecule has 1 fully saturated rings. The molecule has 1 N–H and O–H groups in total. The fraction of sp³-hybridized carbons (Fsp3) is 0.333. The highest BCUT2D eigenvalue weighted by atomic mass is 19.3. The molecule has 2 aromatic carbocycles. The minimum Gasteiger partial charge on any atom is -0.435 e. The van der Waals surface area contributed by atoms with Crippen LogP contribution in [0.2, 0.25) is 0 Å². The highest BCUT2D eigenvalue weighted by Gasteiger charge is 2.21. The second-order valence-electron chi connectivity index (χ2n) is 6.73. The molecule has 0 bridgehead atoms. The van der Waals surface area contributed by atoms with Crippen LogP contribution in [-0.2, 0) is 16.0 Å². The lowest BCUT2D eigenvalue weighted by molar-refractivity contribution is -0.121. The maximum absolute atomic E-state index is 12.3. The Labute approximate surface area is 162 Å². The van der Waals surface area contributed by atoms with E-state index in [0.29, 0.717) is 6.42 Å². The maximum atomic E-state index is 12.3. The first-order valence-corrected chi connectivity index (χ1v) is 9.16. The van der Waals surface area contributed by atoms with Gasteiger partial charge < -0.3 is 15.0 Å². The lowest BCUT2D eigenvalue weighted by Gasteiger charge is -2.17. The molecule has 1 saturated heterocycles. The second-order valence-corrected chi connectivity index (χ2v) is 6.73. The van der Waals surface area contributed by atoms with Gasteiger partial charge in [-0.1, -0.05) is 24.3 Å². The Kier molecular flexibility index (Phi) is 6.23. The van der Waals surface area contributed by atoms with E-state index in [0.717, 1.165) is 29.8 Å². The molecule has 7 heteroatoms. The van der Waals surface area contributed by atoms with Crippen molar-refractivity contribution in [2.75, 3.05) is 11.4 Å². The van der Waals surface area contributed by atoms with Gasteiger partial charge in [-0.2, -0.15) is 8.78 Å². The van der Waals surface area contributed by atoms with Gasteiger partial charge in [0, 0.05) is 18.7 Å². The SMILES string of the molecule is CC(NC(=O)Cc1ccc(N2CCCC2=O)cc1)c1ccc(OC(F)F)cc1. The van der Waals surface area contributed by atoms with Gasteiger partial charge >= 0.3 is 6.61 Å². The summed E-state index contributed by atoms with van der Waals surface area (Å²) in [5.74, 6) is 0.0588. The van der Waals surface area contributed by atoms with E-state index >= 15 is 0 Å². The molecule has 1 aliphatic rings. The number of rotatable bonds is 7. The lowest BCUT2D eigenvalue weighted by Crippen LogP contribution is -2.28. The molecule has 0 aromatic heterocycles. The Morgan fingerprint density at radius 1 is 1.14 bits per heavy atom. The van der Waals surface area contributed by atoms with Crippen molar-refractivity contribution in [2.45, 2.75) is 38.8 Å². The van der Waals surface area contributed by atoms with Gasteiger partial charge in [0.2, 0.25) is 11.8 Å². The summed E-state index contributed by atoms with van der Waals surface area (Å²) < 4.78 is 28.7. The number of amides is 2. The topological polar surface area (TPSA) is 58.6 Å². The number of alkyl halides is 2. The van der Waals surface area contributed by atoms with Gasteiger partial charge in [-0.25, -0.2) is 0 Å². The average molecular weight is 388 g/mol. The van der Waals surface area contributed by atoms with Crippen LogP contribution in [0, 0.1) is 0 Å². The number of nitrogens with zero attached hydrogens (tertiary/aromatic N) is 1. The van der Waals surface area contributed by atoms with Gasteiger partial charge in [0.15, 0.2) is 0 Å². The Balaban J connectivity index is 1.54. The number of anilines is 1. The van der Waals surface area contributed by atoms with Crippen LogP contribution in [0.25, 0.3) is 0 Å². The van der Waals surface area contributed by atoms with Crippen molar-refractivity contribution < 1.29 is 23.1 Å². The largest absolute Gasteiger partial charge is 0.435 e. The fourth-order valence-corrected chi connectivity index (χ4v) is 3.21. The molecule has 1 aliphatic heterocycles. The Bertz CT molecular complexity index is 823. The number of ether oxygens (including phenoxy) is 1. The zero-order valence-electron chi connectivity index (χ0n) is 15.5. The van der Waals surface area contributed by atoms with Gasteiger partial charge in [0.05, 0.1) is 12.5 Å². The maximum Gasteiger partial charge on any atom is 0.387 e. The first-order valence-electron chi connectivity index (χ1n) is 9.16. The Morgan fingerprint density at radius 3 is 2.39 bits per heavy atom. The van der Waals surface area contributed by atoms with Gasteiger partial charge in [-0.3, -0.25) is 9.59 Å². The van der Waals surface area contributed by atoms with Gasteiger partial charge in [-0.05, 0) is 48.7 Å². The van der Waals surface area contributed by atoms with E-state index in [-0.39, 0.29) is 30.0 Å².